The minimum absolute atomic E-state index is 0.0110. The Bertz CT molecular complexity index is 285. The van der Waals surface area contributed by atoms with E-state index in [0.29, 0.717) is 12.0 Å². The van der Waals surface area contributed by atoms with Crippen molar-refractivity contribution in [1.82, 2.24) is 9.55 Å². The molecule has 1 atom stereocenters. The van der Waals surface area contributed by atoms with Gasteiger partial charge < -0.3 is 4.98 Å². The molecule has 0 aliphatic heterocycles. The molecule has 0 saturated carbocycles. The quantitative estimate of drug-likeness (QED) is 0.734. The molecule has 0 fully saturated rings. The third kappa shape index (κ3) is 2.00. The molecule has 0 aliphatic carbocycles. The molecular weight excluding hydrogens is 152 g/mol. The topological polar surface area (TPSA) is 37.8 Å². The minimum atomic E-state index is -0.0110. The fourth-order valence-corrected chi connectivity index (χ4v) is 1.47. The SMILES string of the molecule is CC(C)CC(C)n1cc[nH]c1=O. The van der Waals surface area contributed by atoms with Gasteiger partial charge >= 0.3 is 5.69 Å². The predicted molar refractivity (Wildman–Crippen MR) is 49.2 cm³/mol. The van der Waals surface area contributed by atoms with Gasteiger partial charge in [-0.25, -0.2) is 4.79 Å². The van der Waals surface area contributed by atoms with Crippen molar-refractivity contribution in [3.8, 4) is 0 Å². The Kier molecular flexibility index (Phi) is 2.74. The number of nitrogens with one attached hydrogen (secondary N) is 1. The zero-order valence-electron chi connectivity index (χ0n) is 7.87. The van der Waals surface area contributed by atoms with Gasteiger partial charge in [0.05, 0.1) is 0 Å². The fourth-order valence-electron chi connectivity index (χ4n) is 1.47. The van der Waals surface area contributed by atoms with Gasteiger partial charge in [-0.2, -0.15) is 0 Å². The lowest BCUT2D eigenvalue weighted by atomic mass is 10.1. The van der Waals surface area contributed by atoms with Crippen molar-refractivity contribution < 1.29 is 0 Å². The lowest BCUT2D eigenvalue weighted by Crippen LogP contribution is -2.20. The molecule has 0 aromatic carbocycles. The summed E-state index contributed by atoms with van der Waals surface area (Å²) >= 11 is 0. The molecule has 0 bridgehead atoms. The van der Waals surface area contributed by atoms with Crippen LogP contribution >= 0.6 is 0 Å². The van der Waals surface area contributed by atoms with Gasteiger partial charge in [0.25, 0.3) is 0 Å². The van der Waals surface area contributed by atoms with E-state index in [2.05, 4.69) is 25.8 Å². The number of hydrogen-bond acceptors (Lipinski definition) is 1. The van der Waals surface area contributed by atoms with Gasteiger partial charge in [0, 0.05) is 18.4 Å². The summed E-state index contributed by atoms with van der Waals surface area (Å²) in [6.07, 6.45) is 4.52. The number of rotatable bonds is 3. The van der Waals surface area contributed by atoms with Crippen LogP contribution in [0.4, 0.5) is 0 Å². The summed E-state index contributed by atoms with van der Waals surface area (Å²) in [4.78, 5) is 13.8. The average molecular weight is 168 g/mol. The van der Waals surface area contributed by atoms with Crippen LogP contribution in [-0.4, -0.2) is 9.55 Å². The van der Waals surface area contributed by atoms with E-state index in [1.54, 1.807) is 17.0 Å². The first-order valence-electron chi connectivity index (χ1n) is 4.36. The van der Waals surface area contributed by atoms with Crippen LogP contribution in [0.2, 0.25) is 0 Å². The number of aromatic nitrogens is 2. The van der Waals surface area contributed by atoms with Crippen molar-refractivity contribution in [3.63, 3.8) is 0 Å². The second kappa shape index (κ2) is 3.61. The van der Waals surface area contributed by atoms with Gasteiger partial charge in [0.15, 0.2) is 0 Å². The van der Waals surface area contributed by atoms with Gasteiger partial charge in [-0.15, -0.1) is 0 Å². The van der Waals surface area contributed by atoms with E-state index in [0.717, 1.165) is 6.42 Å². The Hall–Kier alpha value is -0.990. The molecule has 1 aromatic rings. The first kappa shape index (κ1) is 9.10. The number of hydrogen-bond donors (Lipinski definition) is 1. The van der Waals surface area contributed by atoms with E-state index in [9.17, 15) is 4.79 Å². The molecule has 0 saturated heterocycles. The molecule has 3 nitrogen and oxygen atoms in total. The summed E-state index contributed by atoms with van der Waals surface area (Å²) in [5.41, 5.74) is -0.0110. The molecule has 1 N–H and O–H groups in total. The van der Waals surface area contributed by atoms with Crippen LogP contribution in [0.15, 0.2) is 17.2 Å². The molecule has 1 unspecified atom stereocenters. The highest BCUT2D eigenvalue weighted by Crippen LogP contribution is 2.13. The monoisotopic (exact) mass is 168 g/mol. The second-order valence-corrected chi connectivity index (χ2v) is 3.65. The number of nitrogens with zero attached hydrogens (tertiary/aromatic N) is 1. The van der Waals surface area contributed by atoms with E-state index in [4.69, 9.17) is 0 Å². The molecule has 12 heavy (non-hydrogen) atoms. The summed E-state index contributed by atoms with van der Waals surface area (Å²) in [6, 6.07) is 0.295. The maximum Gasteiger partial charge on any atom is 0.325 e. The average Bonchev–Trinajstić information content (AvgIpc) is 2.33. The first-order valence-corrected chi connectivity index (χ1v) is 4.36. The molecule has 3 heteroatoms. The summed E-state index contributed by atoms with van der Waals surface area (Å²) < 4.78 is 1.74. The predicted octanol–water partition coefficient (Wildman–Crippen LogP) is 1.78. The van der Waals surface area contributed by atoms with Crippen LogP contribution in [-0.2, 0) is 0 Å². The lowest BCUT2D eigenvalue weighted by Gasteiger charge is -2.13. The van der Waals surface area contributed by atoms with Crippen LogP contribution in [0.3, 0.4) is 0 Å². The zero-order chi connectivity index (χ0) is 9.14. The maximum absolute atomic E-state index is 11.1. The summed E-state index contributed by atoms with van der Waals surface area (Å²) in [7, 11) is 0. The highest BCUT2D eigenvalue weighted by atomic mass is 16.1. The summed E-state index contributed by atoms with van der Waals surface area (Å²) in [5.74, 6) is 0.627. The van der Waals surface area contributed by atoms with E-state index in [1.807, 2.05) is 0 Å². The van der Waals surface area contributed by atoms with Gasteiger partial charge in [-0.1, -0.05) is 13.8 Å². The number of aromatic amines is 1. The van der Waals surface area contributed by atoms with Crippen LogP contribution in [0.1, 0.15) is 33.2 Å². The van der Waals surface area contributed by atoms with Crippen LogP contribution < -0.4 is 5.69 Å². The molecule has 1 heterocycles. The number of H-pyrrole nitrogens is 1. The Balaban J connectivity index is 2.71. The van der Waals surface area contributed by atoms with E-state index in [-0.39, 0.29) is 5.69 Å². The molecule has 0 spiro atoms. The standard InChI is InChI=1S/C9H16N2O/c1-7(2)6-8(3)11-5-4-10-9(11)12/h4-5,7-8H,6H2,1-3H3,(H,10,12). The third-order valence-corrected chi connectivity index (χ3v) is 1.96. The zero-order valence-corrected chi connectivity index (χ0v) is 7.87. The van der Waals surface area contributed by atoms with Crippen molar-refractivity contribution in [1.29, 1.82) is 0 Å². The molecule has 68 valence electrons. The van der Waals surface area contributed by atoms with E-state index < -0.39 is 0 Å². The van der Waals surface area contributed by atoms with Crippen molar-refractivity contribution in [2.75, 3.05) is 0 Å². The van der Waals surface area contributed by atoms with Crippen LogP contribution in [0.5, 0.6) is 0 Å². The summed E-state index contributed by atoms with van der Waals surface area (Å²) in [6.45, 7) is 6.39. The third-order valence-electron chi connectivity index (χ3n) is 1.96. The molecule has 1 rings (SSSR count). The second-order valence-electron chi connectivity index (χ2n) is 3.65. The van der Waals surface area contributed by atoms with Gasteiger partial charge in [0.2, 0.25) is 0 Å². The number of imidazole rings is 1. The normalized spacial score (nSPS) is 13.7. The maximum atomic E-state index is 11.1. The van der Waals surface area contributed by atoms with Crippen molar-refractivity contribution in [2.45, 2.75) is 33.2 Å². The minimum Gasteiger partial charge on any atom is -0.313 e. The highest BCUT2D eigenvalue weighted by molar-refractivity contribution is 4.80. The smallest absolute Gasteiger partial charge is 0.313 e. The Labute approximate surface area is 72.4 Å². The van der Waals surface area contributed by atoms with Gasteiger partial charge in [-0.05, 0) is 19.3 Å². The van der Waals surface area contributed by atoms with Crippen LogP contribution in [0.25, 0.3) is 0 Å². The molecule has 0 amide bonds. The molecular formula is C9H16N2O. The van der Waals surface area contributed by atoms with Crippen LogP contribution in [0, 0.1) is 5.92 Å². The Morgan fingerprint density at radius 2 is 2.17 bits per heavy atom. The van der Waals surface area contributed by atoms with Crippen molar-refractivity contribution in [2.24, 2.45) is 5.92 Å². The van der Waals surface area contributed by atoms with Crippen molar-refractivity contribution >= 4 is 0 Å². The molecule has 1 aromatic heterocycles. The fraction of sp³-hybridized carbons (Fsp3) is 0.667. The Morgan fingerprint density at radius 1 is 1.50 bits per heavy atom. The lowest BCUT2D eigenvalue weighted by molar-refractivity contribution is 0.420. The largest absolute Gasteiger partial charge is 0.325 e. The van der Waals surface area contributed by atoms with E-state index in [1.165, 1.54) is 0 Å². The van der Waals surface area contributed by atoms with Crippen molar-refractivity contribution in [3.05, 3.63) is 22.9 Å². The van der Waals surface area contributed by atoms with Gasteiger partial charge in [-0.3, -0.25) is 4.57 Å². The summed E-state index contributed by atoms with van der Waals surface area (Å²) in [5, 5.41) is 0. The van der Waals surface area contributed by atoms with E-state index >= 15 is 0 Å². The molecule has 0 radical (unpaired) electrons. The first-order chi connectivity index (χ1) is 5.61. The molecule has 0 aliphatic rings. The van der Waals surface area contributed by atoms with Gasteiger partial charge in [0.1, 0.15) is 0 Å². The Morgan fingerprint density at radius 3 is 2.58 bits per heavy atom. The highest BCUT2D eigenvalue weighted by Gasteiger charge is 2.08.